The standard InChI is InChI=1S/C14H17FN6O2/c15-12-4-3-11(21-9-16-18-19-21)6-13(12)17-14(23)20-5-1-2-10(7-20)8-22/h3-4,6,9-10,22H,1-2,5,7-8H2,(H,17,23)/t10-/m0/s1. The van der Waals surface area contributed by atoms with Crippen LogP contribution in [0.5, 0.6) is 0 Å². The first kappa shape index (κ1) is 15.3. The molecule has 8 nitrogen and oxygen atoms in total. The monoisotopic (exact) mass is 320 g/mol. The number of aliphatic hydroxyl groups is 1. The van der Waals surface area contributed by atoms with E-state index >= 15 is 0 Å². The lowest BCUT2D eigenvalue weighted by molar-refractivity contribution is 0.136. The van der Waals surface area contributed by atoms with Crippen LogP contribution in [-0.4, -0.2) is 55.9 Å². The third kappa shape index (κ3) is 3.45. The van der Waals surface area contributed by atoms with Gasteiger partial charge in [0.05, 0.1) is 11.4 Å². The van der Waals surface area contributed by atoms with Gasteiger partial charge in [0, 0.05) is 19.7 Å². The first-order valence-electron chi connectivity index (χ1n) is 7.37. The Balaban J connectivity index is 1.74. The molecule has 3 rings (SSSR count). The van der Waals surface area contributed by atoms with E-state index in [4.69, 9.17) is 0 Å². The molecular formula is C14H17FN6O2. The molecule has 0 radical (unpaired) electrons. The number of likely N-dealkylation sites (tertiary alicyclic amines) is 1. The van der Waals surface area contributed by atoms with Gasteiger partial charge in [0.15, 0.2) is 0 Å². The molecule has 1 atom stereocenters. The lowest BCUT2D eigenvalue weighted by atomic mass is 9.99. The van der Waals surface area contributed by atoms with Gasteiger partial charge in [-0.1, -0.05) is 0 Å². The summed E-state index contributed by atoms with van der Waals surface area (Å²) in [4.78, 5) is 13.9. The van der Waals surface area contributed by atoms with E-state index in [9.17, 15) is 14.3 Å². The summed E-state index contributed by atoms with van der Waals surface area (Å²) in [6, 6.07) is 3.86. The fourth-order valence-electron chi connectivity index (χ4n) is 2.62. The molecule has 1 fully saturated rings. The zero-order valence-corrected chi connectivity index (χ0v) is 12.4. The summed E-state index contributed by atoms with van der Waals surface area (Å²) in [6.45, 7) is 1.11. The number of carbonyl (C=O) groups is 1. The lowest BCUT2D eigenvalue weighted by Crippen LogP contribution is -2.43. The van der Waals surface area contributed by atoms with Crippen LogP contribution in [0.2, 0.25) is 0 Å². The first-order chi connectivity index (χ1) is 11.2. The van der Waals surface area contributed by atoms with Gasteiger partial charge < -0.3 is 15.3 Å². The molecule has 1 aliphatic heterocycles. The number of anilines is 1. The number of piperidine rings is 1. The van der Waals surface area contributed by atoms with Crippen LogP contribution in [0, 0.1) is 11.7 Å². The van der Waals surface area contributed by atoms with Crippen molar-refractivity contribution in [2.24, 2.45) is 5.92 Å². The number of hydrogen-bond acceptors (Lipinski definition) is 5. The molecule has 2 N–H and O–H groups in total. The second-order valence-corrected chi connectivity index (χ2v) is 5.49. The molecule has 1 aliphatic rings. The van der Waals surface area contributed by atoms with Crippen LogP contribution in [0.25, 0.3) is 5.69 Å². The third-order valence-electron chi connectivity index (χ3n) is 3.87. The van der Waals surface area contributed by atoms with Crippen LogP contribution in [0.3, 0.4) is 0 Å². The Morgan fingerprint density at radius 3 is 3.09 bits per heavy atom. The molecule has 2 amide bonds. The minimum Gasteiger partial charge on any atom is -0.396 e. The van der Waals surface area contributed by atoms with Crippen molar-refractivity contribution in [1.29, 1.82) is 0 Å². The van der Waals surface area contributed by atoms with Crippen molar-refractivity contribution < 1.29 is 14.3 Å². The van der Waals surface area contributed by atoms with E-state index in [-0.39, 0.29) is 24.2 Å². The van der Waals surface area contributed by atoms with Crippen molar-refractivity contribution in [2.45, 2.75) is 12.8 Å². The van der Waals surface area contributed by atoms with Gasteiger partial charge in [-0.05, 0) is 47.4 Å². The topological polar surface area (TPSA) is 96.2 Å². The molecule has 122 valence electrons. The molecule has 1 saturated heterocycles. The smallest absolute Gasteiger partial charge is 0.321 e. The molecule has 23 heavy (non-hydrogen) atoms. The van der Waals surface area contributed by atoms with Crippen LogP contribution in [-0.2, 0) is 0 Å². The zero-order valence-electron chi connectivity index (χ0n) is 12.4. The second kappa shape index (κ2) is 6.69. The number of halogens is 1. The fourth-order valence-corrected chi connectivity index (χ4v) is 2.62. The summed E-state index contributed by atoms with van der Waals surface area (Å²) in [5.41, 5.74) is 0.604. The van der Waals surface area contributed by atoms with E-state index in [1.165, 1.54) is 29.2 Å². The number of carbonyl (C=O) groups excluding carboxylic acids is 1. The second-order valence-electron chi connectivity index (χ2n) is 5.49. The number of amides is 2. The van der Waals surface area contributed by atoms with Crippen molar-refractivity contribution >= 4 is 11.7 Å². The quantitative estimate of drug-likeness (QED) is 0.881. The number of hydrogen-bond donors (Lipinski definition) is 2. The predicted molar refractivity (Wildman–Crippen MR) is 79.5 cm³/mol. The Bertz CT molecular complexity index is 678. The summed E-state index contributed by atoms with van der Waals surface area (Å²) in [7, 11) is 0. The van der Waals surface area contributed by atoms with Crippen molar-refractivity contribution in [2.75, 3.05) is 25.0 Å². The predicted octanol–water partition coefficient (Wildman–Crippen LogP) is 1.04. The number of benzene rings is 1. The summed E-state index contributed by atoms with van der Waals surface area (Å²) in [5, 5.41) is 22.6. The molecule has 0 aliphatic carbocycles. The number of rotatable bonds is 3. The first-order valence-corrected chi connectivity index (χ1v) is 7.37. The normalized spacial score (nSPS) is 18.0. The summed E-state index contributed by atoms with van der Waals surface area (Å²) in [6.07, 6.45) is 3.10. The van der Waals surface area contributed by atoms with Crippen LogP contribution < -0.4 is 5.32 Å². The van der Waals surface area contributed by atoms with E-state index < -0.39 is 5.82 Å². The van der Waals surface area contributed by atoms with E-state index in [0.29, 0.717) is 18.8 Å². The van der Waals surface area contributed by atoms with Crippen LogP contribution in [0.4, 0.5) is 14.9 Å². The molecule has 0 spiro atoms. The highest BCUT2D eigenvalue weighted by atomic mass is 19.1. The summed E-state index contributed by atoms with van der Waals surface area (Å²) in [5.74, 6) is -0.460. The van der Waals surface area contributed by atoms with E-state index in [2.05, 4.69) is 20.8 Å². The zero-order chi connectivity index (χ0) is 16.2. The van der Waals surface area contributed by atoms with Crippen molar-refractivity contribution in [1.82, 2.24) is 25.1 Å². The molecule has 0 saturated carbocycles. The van der Waals surface area contributed by atoms with E-state index in [1.54, 1.807) is 4.90 Å². The summed E-state index contributed by atoms with van der Waals surface area (Å²) >= 11 is 0. The molecule has 2 aromatic rings. The summed E-state index contributed by atoms with van der Waals surface area (Å²) < 4.78 is 15.3. The highest BCUT2D eigenvalue weighted by molar-refractivity contribution is 5.89. The van der Waals surface area contributed by atoms with E-state index in [0.717, 1.165) is 12.8 Å². The van der Waals surface area contributed by atoms with Crippen molar-refractivity contribution in [3.63, 3.8) is 0 Å². The lowest BCUT2D eigenvalue weighted by Gasteiger charge is -2.31. The highest BCUT2D eigenvalue weighted by Gasteiger charge is 2.23. The maximum atomic E-state index is 13.9. The minimum absolute atomic E-state index is 0.0485. The highest BCUT2D eigenvalue weighted by Crippen LogP contribution is 2.21. The molecule has 9 heteroatoms. The SMILES string of the molecule is O=C(Nc1cc(-n2cnnn2)ccc1F)N1CCC[C@H](CO)C1. The molecule has 0 unspecified atom stereocenters. The van der Waals surface area contributed by atoms with Gasteiger partial charge in [-0.2, -0.15) is 0 Å². The molecule has 1 aromatic carbocycles. The Hall–Kier alpha value is -2.55. The average molecular weight is 320 g/mol. The molecule has 1 aromatic heterocycles. The van der Waals surface area contributed by atoms with Crippen LogP contribution in [0.15, 0.2) is 24.5 Å². The number of tetrazole rings is 1. The van der Waals surface area contributed by atoms with E-state index in [1.807, 2.05) is 0 Å². The Morgan fingerprint density at radius 2 is 2.35 bits per heavy atom. The van der Waals surface area contributed by atoms with Crippen LogP contribution >= 0.6 is 0 Å². The maximum absolute atomic E-state index is 13.9. The molecule has 2 heterocycles. The number of nitrogens with one attached hydrogen (secondary N) is 1. The fraction of sp³-hybridized carbons (Fsp3) is 0.429. The van der Waals surface area contributed by atoms with Crippen molar-refractivity contribution in [3.8, 4) is 5.69 Å². The van der Waals surface area contributed by atoms with Gasteiger partial charge in [-0.3, -0.25) is 0 Å². The third-order valence-corrected chi connectivity index (χ3v) is 3.87. The number of aromatic nitrogens is 4. The van der Waals surface area contributed by atoms with Crippen LogP contribution in [0.1, 0.15) is 12.8 Å². The molecular weight excluding hydrogens is 303 g/mol. The maximum Gasteiger partial charge on any atom is 0.321 e. The number of nitrogens with zero attached hydrogens (tertiary/aromatic N) is 5. The van der Waals surface area contributed by atoms with Gasteiger partial charge in [-0.25, -0.2) is 13.9 Å². The van der Waals surface area contributed by atoms with Crippen molar-refractivity contribution in [3.05, 3.63) is 30.3 Å². The van der Waals surface area contributed by atoms with Gasteiger partial charge in [0.2, 0.25) is 0 Å². The van der Waals surface area contributed by atoms with Gasteiger partial charge in [-0.15, -0.1) is 5.10 Å². The number of aliphatic hydroxyl groups excluding tert-OH is 1. The van der Waals surface area contributed by atoms with Gasteiger partial charge >= 0.3 is 6.03 Å². The largest absolute Gasteiger partial charge is 0.396 e. The van der Waals surface area contributed by atoms with Gasteiger partial charge in [0.25, 0.3) is 0 Å². The Morgan fingerprint density at radius 1 is 1.48 bits per heavy atom. The Labute approximate surface area is 131 Å². The Kier molecular flexibility index (Phi) is 4.47. The minimum atomic E-state index is -0.536. The van der Waals surface area contributed by atoms with Gasteiger partial charge in [0.1, 0.15) is 12.1 Å². The average Bonchev–Trinajstić information content (AvgIpc) is 3.11. The molecule has 0 bridgehead atoms. The number of urea groups is 1.